The van der Waals surface area contributed by atoms with Gasteiger partial charge in [-0.1, -0.05) is 19.1 Å². The number of hydrogen-bond donors (Lipinski definition) is 0. The molecule has 0 saturated heterocycles. The van der Waals surface area contributed by atoms with Crippen LogP contribution in [-0.2, 0) is 6.54 Å². The zero-order valence-electron chi connectivity index (χ0n) is 10.8. The SMILES string of the molecule is CCCN(Cc1cccc(C#N)c1F)CC1CC1. The van der Waals surface area contributed by atoms with Crippen molar-refractivity contribution < 1.29 is 4.39 Å². The number of hydrogen-bond acceptors (Lipinski definition) is 2. The second-order valence-electron chi connectivity index (χ2n) is 5.07. The molecule has 1 aliphatic carbocycles. The lowest BCUT2D eigenvalue weighted by molar-refractivity contribution is 0.251. The summed E-state index contributed by atoms with van der Waals surface area (Å²) in [6.07, 6.45) is 3.69. The van der Waals surface area contributed by atoms with Crippen molar-refractivity contribution >= 4 is 0 Å². The number of nitrogens with zero attached hydrogens (tertiary/aromatic N) is 2. The van der Waals surface area contributed by atoms with Crippen molar-refractivity contribution in [3.63, 3.8) is 0 Å². The maximum absolute atomic E-state index is 14.0. The zero-order chi connectivity index (χ0) is 13.0. The molecule has 0 unspecified atom stereocenters. The fourth-order valence-corrected chi connectivity index (χ4v) is 2.25. The summed E-state index contributed by atoms with van der Waals surface area (Å²) in [7, 11) is 0. The second kappa shape index (κ2) is 5.97. The summed E-state index contributed by atoms with van der Waals surface area (Å²) < 4.78 is 14.0. The van der Waals surface area contributed by atoms with Crippen LogP contribution in [0, 0.1) is 23.1 Å². The Bertz CT molecular complexity index is 446. The van der Waals surface area contributed by atoms with Crippen LogP contribution in [0.3, 0.4) is 0 Å². The maximum atomic E-state index is 14.0. The lowest BCUT2D eigenvalue weighted by atomic mass is 10.1. The molecule has 0 amide bonds. The minimum atomic E-state index is -0.350. The summed E-state index contributed by atoms with van der Waals surface area (Å²) in [6.45, 7) is 4.81. The lowest BCUT2D eigenvalue weighted by Crippen LogP contribution is -2.27. The van der Waals surface area contributed by atoms with Crippen molar-refractivity contribution in [2.75, 3.05) is 13.1 Å². The Labute approximate surface area is 108 Å². The monoisotopic (exact) mass is 246 g/mol. The quantitative estimate of drug-likeness (QED) is 0.770. The summed E-state index contributed by atoms with van der Waals surface area (Å²) in [5.74, 6) is 0.454. The Morgan fingerprint density at radius 1 is 1.44 bits per heavy atom. The van der Waals surface area contributed by atoms with Crippen molar-refractivity contribution in [1.82, 2.24) is 4.90 Å². The normalized spacial score (nSPS) is 14.8. The fraction of sp³-hybridized carbons (Fsp3) is 0.533. The molecule has 1 aromatic rings. The highest BCUT2D eigenvalue weighted by atomic mass is 19.1. The molecule has 1 saturated carbocycles. The molecule has 2 nitrogen and oxygen atoms in total. The van der Waals surface area contributed by atoms with E-state index in [0.29, 0.717) is 12.1 Å². The van der Waals surface area contributed by atoms with Crippen molar-refractivity contribution in [2.24, 2.45) is 5.92 Å². The Kier molecular flexibility index (Phi) is 4.33. The van der Waals surface area contributed by atoms with Crippen LogP contribution in [0.15, 0.2) is 18.2 Å². The molecule has 0 bridgehead atoms. The van der Waals surface area contributed by atoms with Gasteiger partial charge in [-0.15, -0.1) is 0 Å². The topological polar surface area (TPSA) is 27.0 Å². The van der Waals surface area contributed by atoms with Crippen LogP contribution in [0.25, 0.3) is 0 Å². The van der Waals surface area contributed by atoms with Crippen molar-refractivity contribution in [1.29, 1.82) is 5.26 Å². The number of rotatable bonds is 6. The van der Waals surface area contributed by atoms with E-state index in [4.69, 9.17) is 5.26 Å². The molecule has 18 heavy (non-hydrogen) atoms. The number of nitriles is 1. The van der Waals surface area contributed by atoms with Crippen molar-refractivity contribution in [2.45, 2.75) is 32.7 Å². The molecule has 0 N–H and O–H groups in total. The molecule has 96 valence electrons. The van der Waals surface area contributed by atoms with Gasteiger partial charge < -0.3 is 0 Å². The average Bonchev–Trinajstić information content (AvgIpc) is 3.16. The summed E-state index contributed by atoms with van der Waals surface area (Å²) in [6, 6.07) is 6.98. The van der Waals surface area contributed by atoms with Gasteiger partial charge in [-0.25, -0.2) is 4.39 Å². The molecule has 0 aromatic heterocycles. The van der Waals surface area contributed by atoms with E-state index in [1.165, 1.54) is 18.9 Å². The summed E-state index contributed by atoms with van der Waals surface area (Å²) in [5, 5.41) is 8.83. The minimum absolute atomic E-state index is 0.148. The first-order valence-corrected chi connectivity index (χ1v) is 6.64. The summed E-state index contributed by atoms with van der Waals surface area (Å²) in [4.78, 5) is 2.30. The van der Waals surface area contributed by atoms with Crippen molar-refractivity contribution in [3.05, 3.63) is 35.1 Å². The Morgan fingerprint density at radius 2 is 2.22 bits per heavy atom. The highest BCUT2D eigenvalue weighted by molar-refractivity contribution is 5.34. The molecule has 1 aliphatic rings. The highest BCUT2D eigenvalue weighted by Gasteiger charge is 2.24. The predicted molar refractivity (Wildman–Crippen MR) is 69.4 cm³/mol. The van der Waals surface area contributed by atoms with Crippen molar-refractivity contribution in [3.8, 4) is 6.07 Å². The molecule has 0 aliphatic heterocycles. The second-order valence-corrected chi connectivity index (χ2v) is 5.07. The molecule has 1 fully saturated rings. The largest absolute Gasteiger partial charge is 0.299 e. The third kappa shape index (κ3) is 3.30. The van der Waals surface area contributed by atoms with Crippen LogP contribution >= 0.6 is 0 Å². The van der Waals surface area contributed by atoms with Gasteiger partial charge in [-0.3, -0.25) is 4.90 Å². The van der Waals surface area contributed by atoms with Gasteiger partial charge in [0.25, 0.3) is 0 Å². The van der Waals surface area contributed by atoms with Gasteiger partial charge in [-0.2, -0.15) is 5.26 Å². The third-order valence-corrected chi connectivity index (χ3v) is 3.35. The fourth-order valence-electron chi connectivity index (χ4n) is 2.25. The Balaban J connectivity index is 2.07. The minimum Gasteiger partial charge on any atom is -0.299 e. The van der Waals surface area contributed by atoms with E-state index in [1.54, 1.807) is 12.1 Å². The first-order valence-electron chi connectivity index (χ1n) is 6.64. The van der Waals surface area contributed by atoms with Gasteiger partial charge in [0.1, 0.15) is 11.9 Å². The van der Waals surface area contributed by atoms with Crippen LogP contribution < -0.4 is 0 Å². The first-order chi connectivity index (χ1) is 8.74. The van der Waals surface area contributed by atoms with Gasteiger partial charge in [-0.05, 0) is 37.8 Å². The molecule has 2 rings (SSSR count). The van der Waals surface area contributed by atoms with E-state index >= 15 is 0 Å². The van der Waals surface area contributed by atoms with Gasteiger partial charge in [0.15, 0.2) is 0 Å². The molecular weight excluding hydrogens is 227 g/mol. The smallest absolute Gasteiger partial charge is 0.145 e. The average molecular weight is 246 g/mol. The first kappa shape index (κ1) is 13.0. The summed E-state index contributed by atoms with van der Waals surface area (Å²) >= 11 is 0. The molecular formula is C15H19FN2. The van der Waals surface area contributed by atoms with E-state index in [2.05, 4.69) is 11.8 Å². The molecule has 0 spiro atoms. The maximum Gasteiger partial charge on any atom is 0.145 e. The van der Waals surface area contributed by atoms with Gasteiger partial charge in [0, 0.05) is 18.7 Å². The molecule has 1 aromatic carbocycles. The van der Waals surface area contributed by atoms with Gasteiger partial charge >= 0.3 is 0 Å². The lowest BCUT2D eigenvalue weighted by Gasteiger charge is -2.22. The van der Waals surface area contributed by atoms with Gasteiger partial charge in [0.05, 0.1) is 5.56 Å². The van der Waals surface area contributed by atoms with Crippen LogP contribution in [0.2, 0.25) is 0 Å². The van der Waals surface area contributed by atoms with Crippen LogP contribution in [0.5, 0.6) is 0 Å². The molecule has 0 heterocycles. The van der Waals surface area contributed by atoms with Gasteiger partial charge in [0.2, 0.25) is 0 Å². The third-order valence-electron chi connectivity index (χ3n) is 3.35. The van der Waals surface area contributed by atoms with Crippen LogP contribution in [0.1, 0.15) is 37.3 Å². The van der Waals surface area contributed by atoms with Crippen LogP contribution in [0.4, 0.5) is 4.39 Å². The van der Waals surface area contributed by atoms with E-state index in [0.717, 1.165) is 25.4 Å². The Hall–Kier alpha value is -1.40. The Morgan fingerprint density at radius 3 is 2.83 bits per heavy atom. The number of benzene rings is 1. The molecule has 0 atom stereocenters. The molecule has 3 heteroatoms. The van der Waals surface area contributed by atoms with E-state index in [9.17, 15) is 4.39 Å². The predicted octanol–water partition coefficient (Wildman–Crippen LogP) is 3.32. The zero-order valence-corrected chi connectivity index (χ0v) is 10.8. The standard InChI is InChI=1S/C15H19FN2/c1-2-8-18(10-12-6-7-12)11-14-5-3-4-13(9-17)15(14)16/h3-5,12H,2,6-8,10-11H2,1H3. The van der Waals surface area contributed by atoms with E-state index in [1.807, 2.05) is 6.07 Å². The van der Waals surface area contributed by atoms with E-state index < -0.39 is 0 Å². The number of halogens is 1. The molecule has 0 radical (unpaired) electrons. The summed E-state index contributed by atoms with van der Waals surface area (Å²) in [5.41, 5.74) is 0.790. The van der Waals surface area contributed by atoms with E-state index in [-0.39, 0.29) is 11.4 Å². The highest BCUT2D eigenvalue weighted by Crippen LogP contribution is 2.30. The van der Waals surface area contributed by atoms with Crippen LogP contribution in [-0.4, -0.2) is 18.0 Å².